The molecule has 2 aromatic rings. The standard InChI is InChI=1S/C17H24N2/c1-14(19-13-6-2-5-12-18)16-11-7-9-15-8-3-4-10-17(15)16/h3-4,7-11,14,19H,2,5-6,12-13,18H2,1H3/t14-/m1/s1. The molecule has 0 spiro atoms. The molecule has 0 aromatic heterocycles. The first kappa shape index (κ1) is 14.0. The second-order valence-electron chi connectivity index (χ2n) is 5.09. The zero-order valence-electron chi connectivity index (χ0n) is 11.7. The minimum Gasteiger partial charge on any atom is -0.330 e. The molecule has 0 saturated heterocycles. The van der Waals surface area contributed by atoms with Gasteiger partial charge in [-0.15, -0.1) is 0 Å². The molecule has 0 radical (unpaired) electrons. The second-order valence-corrected chi connectivity index (χ2v) is 5.09. The van der Waals surface area contributed by atoms with Crippen molar-refractivity contribution in [2.45, 2.75) is 32.2 Å². The lowest BCUT2D eigenvalue weighted by molar-refractivity contribution is 0.542. The van der Waals surface area contributed by atoms with Crippen LogP contribution >= 0.6 is 0 Å². The van der Waals surface area contributed by atoms with Crippen molar-refractivity contribution in [3.63, 3.8) is 0 Å². The zero-order valence-corrected chi connectivity index (χ0v) is 11.7. The van der Waals surface area contributed by atoms with Gasteiger partial charge in [0.15, 0.2) is 0 Å². The molecule has 0 amide bonds. The quantitative estimate of drug-likeness (QED) is 0.743. The maximum Gasteiger partial charge on any atom is 0.0297 e. The molecule has 2 nitrogen and oxygen atoms in total. The van der Waals surface area contributed by atoms with E-state index in [0.717, 1.165) is 19.5 Å². The van der Waals surface area contributed by atoms with Crippen LogP contribution in [0.25, 0.3) is 10.8 Å². The Balaban J connectivity index is 1.99. The van der Waals surface area contributed by atoms with E-state index in [1.54, 1.807) is 0 Å². The van der Waals surface area contributed by atoms with Crippen LogP contribution in [-0.2, 0) is 0 Å². The number of rotatable bonds is 7. The number of hydrogen-bond donors (Lipinski definition) is 2. The molecular weight excluding hydrogens is 232 g/mol. The number of nitrogens with two attached hydrogens (primary N) is 1. The molecule has 0 aliphatic rings. The molecule has 3 N–H and O–H groups in total. The van der Waals surface area contributed by atoms with Crippen molar-refractivity contribution in [1.29, 1.82) is 0 Å². The average Bonchev–Trinajstić information content (AvgIpc) is 2.46. The highest BCUT2D eigenvalue weighted by Gasteiger charge is 2.07. The van der Waals surface area contributed by atoms with Gasteiger partial charge in [-0.25, -0.2) is 0 Å². The van der Waals surface area contributed by atoms with E-state index in [1.807, 2.05) is 0 Å². The van der Waals surface area contributed by atoms with E-state index in [2.05, 4.69) is 54.7 Å². The minimum atomic E-state index is 0.393. The highest BCUT2D eigenvalue weighted by molar-refractivity contribution is 5.86. The lowest BCUT2D eigenvalue weighted by Crippen LogP contribution is -2.20. The summed E-state index contributed by atoms with van der Waals surface area (Å²) in [4.78, 5) is 0. The molecule has 2 rings (SSSR count). The largest absolute Gasteiger partial charge is 0.330 e. The fourth-order valence-corrected chi connectivity index (χ4v) is 2.50. The highest BCUT2D eigenvalue weighted by atomic mass is 14.9. The monoisotopic (exact) mass is 256 g/mol. The Morgan fingerprint density at radius 2 is 1.79 bits per heavy atom. The van der Waals surface area contributed by atoms with Crippen LogP contribution in [0.3, 0.4) is 0 Å². The van der Waals surface area contributed by atoms with Crippen LogP contribution in [0, 0.1) is 0 Å². The Bertz CT molecular complexity index is 502. The van der Waals surface area contributed by atoms with Crippen molar-refractivity contribution in [3.8, 4) is 0 Å². The number of unbranched alkanes of at least 4 members (excludes halogenated alkanes) is 2. The third kappa shape index (κ3) is 3.79. The SMILES string of the molecule is C[C@@H](NCCCCCN)c1cccc2ccccc12. The third-order valence-corrected chi connectivity index (χ3v) is 3.62. The first-order valence-electron chi connectivity index (χ1n) is 7.24. The Morgan fingerprint density at radius 3 is 2.63 bits per heavy atom. The molecule has 1 atom stereocenters. The van der Waals surface area contributed by atoms with Gasteiger partial charge in [0.05, 0.1) is 0 Å². The maximum atomic E-state index is 5.50. The van der Waals surface area contributed by atoms with Crippen LogP contribution in [0.4, 0.5) is 0 Å². The number of benzene rings is 2. The van der Waals surface area contributed by atoms with E-state index in [4.69, 9.17) is 5.73 Å². The fourth-order valence-electron chi connectivity index (χ4n) is 2.50. The summed E-state index contributed by atoms with van der Waals surface area (Å²) in [5, 5.41) is 6.28. The van der Waals surface area contributed by atoms with Crippen LogP contribution in [-0.4, -0.2) is 13.1 Å². The summed E-state index contributed by atoms with van der Waals surface area (Å²) >= 11 is 0. The maximum absolute atomic E-state index is 5.50. The fraction of sp³-hybridized carbons (Fsp3) is 0.412. The molecule has 0 fully saturated rings. The first-order valence-corrected chi connectivity index (χ1v) is 7.24. The van der Waals surface area contributed by atoms with Crippen molar-refractivity contribution < 1.29 is 0 Å². The Morgan fingerprint density at radius 1 is 1.00 bits per heavy atom. The van der Waals surface area contributed by atoms with Gasteiger partial charge in [0.2, 0.25) is 0 Å². The van der Waals surface area contributed by atoms with Gasteiger partial charge in [0.25, 0.3) is 0 Å². The zero-order chi connectivity index (χ0) is 13.5. The summed E-state index contributed by atoms with van der Waals surface area (Å²) in [5.74, 6) is 0. The second kappa shape index (κ2) is 7.27. The lowest BCUT2D eigenvalue weighted by Gasteiger charge is -2.16. The van der Waals surface area contributed by atoms with Crippen molar-refractivity contribution in [2.24, 2.45) is 5.73 Å². The van der Waals surface area contributed by atoms with Gasteiger partial charge in [-0.2, -0.15) is 0 Å². The normalized spacial score (nSPS) is 12.7. The van der Waals surface area contributed by atoms with E-state index in [1.165, 1.54) is 29.2 Å². The van der Waals surface area contributed by atoms with Crippen LogP contribution in [0.2, 0.25) is 0 Å². The molecule has 0 bridgehead atoms. The van der Waals surface area contributed by atoms with Crippen molar-refractivity contribution in [1.82, 2.24) is 5.32 Å². The molecule has 19 heavy (non-hydrogen) atoms. The molecule has 102 valence electrons. The topological polar surface area (TPSA) is 38.0 Å². The lowest BCUT2D eigenvalue weighted by atomic mass is 9.99. The van der Waals surface area contributed by atoms with Gasteiger partial charge in [-0.05, 0) is 49.2 Å². The molecular formula is C17H24N2. The molecule has 0 heterocycles. The van der Waals surface area contributed by atoms with Gasteiger partial charge in [0, 0.05) is 6.04 Å². The van der Waals surface area contributed by atoms with E-state index in [-0.39, 0.29) is 0 Å². The third-order valence-electron chi connectivity index (χ3n) is 3.62. The summed E-state index contributed by atoms with van der Waals surface area (Å²) in [7, 11) is 0. The molecule has 0 saturated carbocycles. The van der Waals surface area contributed by atoms with Crippen LogP contribution in [0.5, 0.6) is 0 Å². The van der Waals surface area contributed by atoms with Gasteiger partial charge >= 0.3 is 0 Å². The van der Waals surface area contributed by atoms with Crippen LogP contribution in [0.15, 0.2) is 42.5 Å². The molecule has 0 unspecified atom stereocenters. The van der Waals surface area contributed by atoms with E-state index >= 15 is 0 Å². The Kier molecular flexibility index (Phi) is 5.37. The smallest absolute Gasteiger partial charge is 0.0297 e. The van der Waals surface area contributed by atoms with E-state index in [0.29, 0.717) is 6.04 Å². The van der Waals surface area contributed by atoms with Crippen LogP contribution < -0.4 is 11.1 Å². The van der Waals surface area contributed by atoms with Gasteiger partial charge in [-0.1, -0.05) is 48.9 Å². The Hall–Kier alpha value is -1.38. The molecule has 0 aliphatic carbocycles. The summed E-state index contributed by atoms with van der Waals surface area (Å²) in [6, 6.07) is 15.5. The van der Waals surface area contributed by atoms with Crippen molar-refractivity contribution in [3.05, 3.63) is 48.0 Å². The predicted octanol–water partition coefficient (Wildman–Crippen LogP) is 3.62. The van der Waals surface area contributed by atoms with Crippen molar-refractivity contribution in [2.75, 3.05) is 13.1 Å². The average molecular weight is 256 g/mol. The predicted molar refractivity (Wildman–Crippen MR) is 83.3 cm³/mol. The van der Waals surface area contributed by atoms with Gasteiger partial charge in [-0.3, -0.25) is 0 Å². The van der Waals surface area contributed by atoms with E-state index < -0.39 is 0 Å². The van der Waals surface area contributed by atoms with Gasteiger partial charge < -0.3 is 11.1 Å². The molecule has 2 aromatic carbocycles. The number of nitrogens with one attached hydrogen (secondary N) is 1. The highest BCUT2D eigenvalue weighted by Crippen LogP contribution is 2.23. The van der Waals surface area contributed by atoms with E-state index in [9.17, 15) is 0 Å². The molecule has 2 heteroatoms. The molecule has 0 aliphatic heterocycles. The first-order chi connectivity index (χ1) is 9.33. The summed E-state index contributed by atoms with van der Waals surface area (Å²) < 4.78 is 0. The summed E-state index contributed by atoms with van der Waals surface area (Å²) in [6.07, 6.45) is 3.54. The summed E-state index contributed by atoms with van der Waals surface area (Å²) in [5.41, 5.74) is 6.89. The number of fused-ring (bicyclic) bond motifs is 1. The minimum absolute atomic E-state index is 0.393. The Labute approximate surface area is 116 Å². The van der Waals surface area contributed by atoms with Gasteiger partial charge in [0.1, 0.15) is 0 Å². The summed E-state index contributed by atoms with van der Waals surface area (Å²) in [6.45, 7) is 4.11. The number of hydrogen-bond acceptors (Lipinski definition) is 2. The van der Waals surface area contributed by atoms with Crippen LogP contribution in [0.1, 0.15) is 37.8 Å². The van der Waals surface area contributed by atoms with Crippen molar-refractivity contribution >= 4 is 10.8 Å².